The van der Waals surface area contributed by atoms with Crippen LogP contribution >= 0.6 is 11.3 Å². The van der Waals surface area contributed by atoms with Gasteiger partial charge in [0.15, 0.2) is 0 Å². The summed E-state index contributed by atoms with van der Waals surface area (Å²) in [6, 6.07) is 3.51. The number of aliphatic hydroxyl groups excluding tert-OH is 1. The lowest BCUT2D eigenvalue weighted by Crippen LogP contribution is -2.40. The number of aliphatic hydroxyl groups is 1. The van der Waals surface area contributed by atoms with Crippen LogP contribution in [0.1, 0.15) is 9.67 Å². The van der Waals surface area contributed by atoms with Crippen molar-refractivity contribution in [2.24, 2.45) is 0 Å². The summed E-state index contributed by atoms with van der Waals surface area (Å²) in [4.78, 5) is 27.9. The highest BCUT2D eigenvalue weighted by molar-refractivity contribution is 7.12. The van der Waals surface area contributed by atoms with Gasteiger partial charge in [0.25, 0.3) is 5.91 Å². The van der Waals surface area contributed by atoms with Crippen molar-refractivity contribution < 1.29 is 19.4 Å². The third kappa shape index (κ3) is 3.56. The van der Waals surface area contributed by atoms with Crippen LogP contribution < -0.4 is 0 Å². The molecule has 1 aromatic rings. The Morgan fingerprint density at radius 3 is 3.00 bits per heavy atom. The first-order valence-electron chi connectivity index (χ1n) is 6.39. The van der Waals surface area contributed by atoms with Gasteiger partial charge in [0.2, 0.25) is 5.91 Å². The largest absolute Gasteiger partial charge is 0.389 e. The zero-order valence-corrected chi connectivity index (χ0v) is 12.1. The van der Waals surface area contributed by atoms with Crippen molar-refractivity contribution in [1.82, 2.24) is 9.80 Å². The van der Waals surface area contributed by atoms with Gasteiger partial charge in [-0.1, -0.05) is 6.07 Å². The van der Waals surface area contributed by atoms with Crippen LogP contribution in [0.4, 0.5) is 0 Å². The monoisotopic (exact) mass is 298 g/mol. The standard InChI is InChI=1S/C13H18N2O4S/c1-19-5-4-14-7-10(16)8-15(9-12(14)17)13(18)11-3-2-6-20-11/h2-3,6,10,16H,4-5,7-9H2,1H3. The summed E-state index contributed by atoms with van der Waals surface area (Å²) >= 11 is 1.33. The van der Waals surface area contributed by atoms with Crippen molar-refractivity contribution in [3.8, 4) is 0 Å². The van der Waals surface area contributed by atoms with Crippen molar-refractivity contribution in [2.75, 3.05) is 39.9 Å². The molecule has 2 amide bonds. The van der Waals surface area contributed by atoms with Gasteiger partial charge in [0.05, 0.1) is 17.6 Å². The molecule has 0 bridgehead atoms. The maximum absolute atomic E-state index is 12.3. The molecule has 1 aliphatic rings. The lowest BCUT2D eigenvalue weighted by Gasteiger charge is -2.21. The molecule has 1 N–H and O–H groups in total. The van der Waals surface area contributed by atoms with Crippen LogP contribution in [0.25, 0.3) is 0 Å². The molecule has 1 aliphatic heterocycles. The Morgan fingerprint density at radius 2 is 2.35 bits per heavy atom. The molecular formula is C13H18N2O4S. The Morgan fingerprint density at radius 1 is 1.55 bits per heavy atom. The van der Waals surface area contributed by atoms with Crippen molar-refractivity contribution in [2.45, 2.75) is 6.10 Å². The summed E-state index contributed by atoms with van der Waals surface area (Å²) in [6.07, 6.45) is -0.734. The zero-order chi connectivity index (χ0) is 14.5. The molecule has 110 valence electrons. The number of hydrogen-bond donors (Lipinski definition) is 1. The van der Waals surface area contributed by atoms with Crippen LogP contribution in [0, 0.1) is 0 Å². The van der Waals surface area contributed by atoms with Gasteiger partial charge in [0.1, 0.15) is 6.54 Å². The van der Waals surface area contributed by atoms with Gasteiger partial charge in [-0.05, 0) is 11.4 Å². The second kappa shape index (κ2) is 6.83. The number of thiophene rings is 1. The Hall–Kier alpha value is -1.44. The van der Waals surface area contributed by atoms with E-state index in [0.717, 1.165) is 0 Å². The first kappa shape index (κ1) is 15.0. The molecule has 0 saturated carbocycles. The fourth-order valence-corrected chi connectivity index (χ4v) is 2.82. The fourth-order valence-electron chi connectivity index (χ4n) is 2.12. The van der Waals surface area contributed by atoms with E-state index in [1.807, 2.05) is 5.38 Å². The predicted octanol–water partition coefficient (Wildman–Crippen LogP) is 0.0398. The zero-order valence-electron chi connectivity index (χ0n) is 11.3. The highest BCUT2D eigenvalue weighted by atomic mass is 32.1. The number of ether oxygens (including phenoxy) is 1. The van der Waals surface area contributed by atoms with Gasteiger partial charge in [-0.3, -0.25) is 9.59 Å². The van der Waals surface area contributed by atoms with Crippen molar-refractivity contribution in [1.29, 1.82) is 0 Å². The summed E-state index contributed by atoms with van der Waals surface area (Å²) in [5, 5.41) is 11.8. The topological polar surface area (TPSA) is 70.1 Å². The lowest BCUT2D eigenvalue weighted by molar-refractivity contribution is -0.131. The highest BCUT2D eigenvalue weighted by Gasteiger charge is 2.29. The van der Waals surface area contributed by atoms with Gasteiger partial charge in [0, 0.05) is 26.7 Å². The molecule has 0 aliphatic carbocycles. The van der Waals surface area contributed by atoms with Crippen LogP contribution in [0.15, 0.2) is 17.5 Å². The molecule has 20 heavy (non-hydrogen) atoms. The summed E-state index contributed by atoms with van der Waals surface area (Å²) in [7, 11) is 1.56. The maximum Gasteiger partial charge on any atom is 0.264 e. The van der Waals surface area contributed by atoms with E-state index in [-0.39, 0.29) is 31.4 Å². The van der Waals surface area contributed by atoms with Gasteiger partial charge in [-0.15, -0.1) is 11.3 Å². The smallest absolute Gasteiger partial charge is 0.264 e. The molecule has 7 heteroatoms. The minimum Gasteiger partial charge on any atom is -0.389 e. The molecule has 1 fully saturated rings. The second-order valence-corrected chi connectivity index (χ2v) is 5.60. The van der Waals surface area contributed by atoms with Crippen LogP contribution in [-0.2, 0) is 9.53 Å². The predicted molar refractivity (Wildman–Crippen MR) is 74.7 cm³/mol. The fraction of sp³-hybridized carbons (Fsp3) is 0.538. The summed E-state index contributed by atoms with van der Waals surface area (Å²) in [6.45, 7) is 1.24. The molecule has 6 nitrogen and oxygen atoms in total. The Kier molecular flexibility index (Phi) is 5.11. The molecule has 2 rings (SSSR count). The Bertz CT molecular complexity index is 463. The molecule has 0 aromatic carbocycles. The SMILES string of the molecule is COCCN1CC(O)CN(C(=O)c2cccs2)CC1=O. The molecule has 0 spiro atoms. The maximum atomic E-state index is 12.3. The number of amides is 2. The normalized spacial score (nSPS) is 20.1. The van der Waals surface area contributed by atoms with E-state index >= 15 is 0 Å². The number of carbonyl (C=O) groups is 2. The van der Waals surface area contributed by atoms with Crippen LogP contribution in [0.3, 0.4) is 0 Å². The third-order valence-electron chi connectivity index (χ3n) is 3.13. The number of β-amino-alcohol motifs (C(OH)–C–C–N with tert-alkyl or cyclic N) is 1. The van der Waals surface area contributed by atoms with Gasteiger partial charge in [-0.25, -0.2) is 0 Å². The summed E-state index contributed by atoms with van der Waals surface area (Å²) < 4.78 is 4.95. The Balaban J connectivity index is 2.06. The van der Waals surface area contributed by atoms with Gasteiger partial charge < -0.3 is 19.6 Å². The Labute approximate surface area is 121 Å². The molecule has 2 heterocycles. The number of methoxy groups -OCH3 is 1. The highest BCUT2D eigenvalue weighted by Crippen LogP contribution is 2.14. The average molecular weight is 298 g/mol. The van der Waals surface area contributed by atoms with Crippen LogP contribution in [-0.4, -0.2) is 72.7 Å². The molecular weight excluding hydrogens is 280 g/mol. The van der Waals surface area contributed by atoms with Gasteiger partial charge >= 0.3 is 0 Å². The molecule has 1 saturated heterocycles. The van der Waals surface area contributed by atoms with Crippen LogP contribution in [0.2, 0.25) is 0 Å². The minimum absolute atomic E-state index is 0.00247. The molecule has 1 unspecified atom stereocenters. The number of carbonyl (C=O) groups excluding carboxylic acids is 2. The first-order chi connectivity index (χ1) is 9.61. The lowest BCUT2D eigenvalue weighted by atomic mass is 10.3. The van der Waals surface area contributed by atoms with Crippen molar-refractivity contribution in [3.05, 3.63) is 22.4 Å². The quantitative estimate of drug-likeness (QED) is 0.852. The van der Waals surface area contributed by atoms with E-state index in [9.17, 15) is 14.7 Å². The summed E-state index contributed by atoms with van der Waals surface area (Å²) in [5.41, 5.74) is 0. The first-order valence-corrected chi connectivity index (χ1v) is 7.27. The average Bonchev–Trinajstić information content (AvgIpc) is 2.91. The number of rotatable bonds is 4. The van der Waals surface area contributed by atoms with E-state index < -0.39 is 6.10 Å². The minimum atomic E-state index is -0.734. The molecule has 1 aromatic heterocycles. The molecule has 0 radical (unpaired) electrons. The molecule has 1 atom stereocenters. The van der Waals surface area contributed by atoms with Crippen LogP contribution in [0.5, 0.6) is 0 Å². The summed E-state index contributed by atoms with van der Waals surface area (Å²) in [5.74, 6) is -0.371. The van der Waals surface area contributed by atoms with Crippen molar-refractivity contribution in [3.63, 3.8) is 0 Å². The number of nitrogens with zero attached hydrogens (tertiary/aromatic N) is 2. The second-order valence-electron chi connectivity index (χ2n) is 4.65. The van der Waals surface area contributed by atoms with E-state index in [0.29, 0.717) is 18.0 Å². The van der Waals surface area contributed by atoms with Crippen molar-refractivity contribution >= 4 is 23.2 Å². The van der Waals surface area contributed by atoms with E-state index in [2.05, 4.69) is 0 Å². The van der Waals surface area contributed by atoms with Gasteiger partial charge in [-0.2, -0.15) is 0 Å². The number of hydrogen-bond acceptors (Lipinski definition) is 5. The van der Waals surface area contributed by atoms with E-state index in [4.69, 9.17) is 4.74 Å². The van der Waals surface area contributed by atoms with E-state index in [1.54, 1.807) is 19.2 Å². The van der Waals surface area contributed by atoms with E-state index in [1.165, 1.54) is 21.1 Å². The third-order valence-corrected chi connectivity index (χ3v) is 3.98.